The van der Waals surface area contributed by atoms with Crippen LogP contribution >= 0.6 is 0 Å². The zero-order valence-corrected chi connectivity index (χ0v) is 13.7. The van der Waals surface area contributed by atoms with Gasteiger partial charge in [-0.05, 0) is 47.6 Å². The maximum absolute atomic E-state index is 12.9. The number of halogens is 3. The number of hydrogen-bond acceptors (Lipinski definition) is 3. The van der Waals surface area contributed by atoms with Crippen LogP contribution in [0.4, 0.5) is 13.2 Å². The summed E-state index contributed by atoms with van der Waals surface area (Å²) in [5.74, 6) is 0.0815. The molecule has 6 heteroatoms. The molecule has 1 rings (SSSR count). The number of hydrogen-bond donors (Lipinski definition) is 1. The van der Waals surface area contributed by atoms with E-state index in [4.69, 9.17) is 9.47 Å². The highest BCUT2D eigenvalue weighted by Gasteiger charge is 2.42. The van der Waals surface area contributed by atoms with Crippen molar-refractivity contribution >= 4 is 0 Å². The quantitative estimate of drug-likeness (QED) is 0.882. The van der Waals surface area contributed by atoms with E-state index in [0.717, 1.165) is 0 Å². The molecule has 0 aromatic heterocycles. The largest absolute Gasteiger partial charge is 0.484 e. The van der Waals surface area contributed by atoms with Crippen molar-refractivity contribution in [2.75, 3.05) is 0 Å². The normalized spacial score (nSPS) is 14.6. The van der Waals surface area contributed by atoms with Crippen LogP contribution in [0.1, 0.15) is 53.2 Å². The average Bonchev–Trinajstić information content (AvgIpc) is 2.25. The molecule has 0 saturated heterocycles. The SMILES string of the molecule is CC(C)(C)Oc1cccc(C(O)C(F)(F)F)c1OC(C)(C)C. The van der Waals surface area contributed by atoms with Gasteiger partial charge in [0.05, 0.1) is 0 Å². The Balaban J connectivity index is 3.41. The van der Waals surface area contributed by atoms with Gasteiger partial charge in [0.15, 0.2) is 17.6 Å². The van der Waals surface area contributed by atoms with Gasteiger partial charge in [0, 0.05) is 5.56 Å². The predicted molar refractivity (Wildman–Crippen MR) is 78.2 cm³/mol. The lowest BCUT2D eigenvalue weighted by atomic mass is 10.1. The Morgan fingerprint density at radius 2 is 1.41 bits per heavy atom. The first-order valence-corrected chi connectivity index (χ1v) is 6.96. The maximum atomic E-state index is 12.9. The van der Waals surface area contributed by atoms with Crippen LogP contribution in [0.25, 0.3) is 0 Å². The summed E-state index contributed by atoms with van der Waals surface area (Å²) >= 11 is 0. The molecule has 1 aromatic rings. The zero-order chi connectivity index (χ0) is 17.3. The van der Waals surface area contributed by atoms with Crippen molar-refractivity contribution in [2.45, 2.75) is 65.0 Å². The fourth-order valence-corrected chi connectivity index (χ4v) is 1.75. The van der Waals surface area contributed by atoms with Crippen LogP contribution in [-0.4, -0.2) is 22.5 Å². The molecule has 1 N–H and O–H groups in total. The molecule has 0 aliphatic carbocycles. The van der Waals surface area contributed by atoms with Gasteiger partial charge in [0.1, 0.15) is 11.2 Å². The highest BCUT2D eigenvalue weighted by molar-refractivity contribution is 5.48. The molecule has 0 spiro atoms. The van der Waals surface area contributed by atoms with Crippen molar-refractivity contribution < 1.29 is 27.8 Å². The molecule has 0 aliphatic heterocycles. The van der Waals surface area contributed by atoms with Gasteiger partial charge in [0.2, 0.25) is 0 Å². The van der Waals surface area contributed by atoms with Crippen molar-refractivity contribution in [3.05, 3.63) is 23.8 Å². The first kappa shape index (κ1) is 18.6. The number of benzene rings is 1. The predicted octanol–water partition coefficient (Wildman–Crippen LogP) is 4.64. The lowest BCUT2D eigenvalue weighted by Gasteiger charge is -2.29. The number of ether oxygens (including phenoxy) is 2. The monoisotopic (exact) mass is 320 g/mol. The van der Waals surface area contributed by atoms with Crippen LogP contribution in [0.15, 0.2) is 18.2 Å². The van der Waals surface area contributed by atoms with E-state index in [1.54, 1.807) is 41.5 Å². The molecule has 0 radical (unpaired) electrons. The second kappa shape index (κ2) is 5.99. The van der Waals surface area contributed by atoms with Crippen LogP contribution in [0.5, 0.6) is 11.5 Å². The van der Waals surface area contributed by atoms with E-state index in [1.807, 2.05) is 0 Å². The molecule has 3 nitrogen and oxygen atoms in total. The Labute approximate surface area is 129 Å². The Kier molecular flexibility index (Phi) is 5.07. The standard InChI is InChI=1S/C16H23F3O3/c1-14(2,3)21-11-9-7-8-10(13(20)16(17,18)19)12(11)22-15(4,5)6/h7-9,13,20H,1-6H3. The summed E-state index contributed by atoms with van der Waals surface area (Å²) in [7, 11) is 0. The Bertz CT molecular complexity index is 511. The lowest BCUT2D eigenvalue weighted by Crippen LogP contribution is -2.28. The molecule has 0 saturated carbocycles. The van der Waals surface area contributed by atoms with E-state index in [9.17, 15) is 18.3 Å². The van der Waals surface area contributed by atoms with Crippen LogP contribution in [0.2, 0.25) is 0 Å². The summed E-state index contributed by atoms with van der Waals surface area (Å²) in [5.41, 5.74) is -1.71. The van der Waals surface area contributed by atoms with Gasteiger partial charge in [-0.1, -0.05) is 12.1 Å². The molecule has 126 valence electrons. The molecule has 1 aromatic carbocycles. The highest BCUT2D eigenvalue weighted by Crippen LogP contribution is 2.43. The van der Waals surface area contributed by atoms with Crippen molar-refractivity contribution in [3.63, 3.8) is 0 Å². The highest BCUT2D eigenvalue weighted by atomic mass is 19.4. The molecule has 0 aliphatic rings. The summed E-state index contributed by atoms with van der Waals surface area (Å²) in [6.07, 6.45) is -7.41. The smallest absolute Gasteiger partial charge is 0.418 e. The first-order chi connectivity index (χ1) is 9.71. The number of para-hydroxylation sites is 1. The van der Waals surface area contributed by atoms with Crippen molar-refractivity contribution in [3.8, 4) is 11.5 Å². The van der Waals surface area contributed by atoms with Crippen LogP contribution in [0, 0.1) is 0 Å². The van der Waals surface area contributed by atoms with Crippen molar-refractivity contribution in [2.24, 2.45) is 0 Å². The first-order valence-electron chi connectivity index (χ1n) is 6.96. The Morgan fingerprint density at radius 3 is 1.82 bits per heavy atom. The van der Waals surface area contributed by atoms with E-state index < -0.39 is 23.5 Å². The molecular weight excluding hydrogens is 297 g/mol. The third-order valence-corrected chi connectivity index (χ3v) is 2.44. The summed E-state index contributed by atoms with van der Waals surface area (Å²) in [5, 5.41) is 9.60. The van der Waals surface area contributed by atoms with E-state index in [0.29, 0.717) is 0 Å². The molecule has 1 atom stereocenters. The van der Waals surface area contributed by atoms with E-state index >= 15 is 0 Å². The summed E-state index contributed by atoms with van der Waals surface area (Å²) in [6.45, 7) is 10.5. The van der Waals surface area contributed by atoms with Crippen molar-refractivity contribution in [1.29, 1.82) is 0 Å². The van der Waals surface area contributed by atoms with Crippen LogP contribution in [-0.2, 0) is 0 Å². The van der Waals surface area contributed by atoms with Gasteiger partial charge in [-0.25, -0.2) is 0 Å². The van der Waals surface area contributed by atoms with Crippen LogP contribution < -0.4 is 9.47 Å². The molecule has 1 unspecified atom stereocenters. The van der Waals surface area contributed by atoms with Gasteiger partial charge in [-0.15, -0.1) is 0 Å². The fourth-order valence-electron chi connectivity index (χ4n) is 1.75. The second-order valence-corrected chi connectivity index (χ2v) is 7.05. The molecule has 22 heavy (non-hydrogen) atoms. The number of aliphatic hydroxyl groups excluding tert-OH is 1. The Morgan fingerprint density at radius 1 is 0.909 bits per heavy atom. The van der Waals surface area contributed by atoms with Gasteiger partial charge in [-0.2, -0.15) is 13.2 Å². The van der Waals surface area contributed by atoms with Gasteiger partial charge < -0.3 is 14.6 Å². The minimum Gasteiger partial charge on any atom is -0.484 e. The molecule has 0 heterocycles. The third-order valence-electron chi connectivity index (χ3n) is 2.44. The Hall–Kier alpha value is -1.43. The topological polar surface area (TPSA) is 38.7 Å². The number of alkyl halides is 3. The molecule has 0 fully saturated rings. The van der Waals surface area contributed by atoms with Crippen LogP contribution in [0.3, 0.4) is 0 Å². The molecular formula is C16H23F3O3. The second-order valence-electron chi connectivity index (χ2n) is 7.05. The average molecular weight is 320 g/mol. The van der Waals surface area contributed by atoms with E-state index in [2.05, 4.69) is 0 Å². The fraction of sp³-hybridized carbons (Fsp3) is 0.625. The third kappa shape index (κ3) is 5.40. The number of aliphatic hydroxyl groups is 1. The lowest BCUT2D eigenvalue weighted by molar-refractivity contribution is -0.207. The van der Waals surface area contributed by atoms with Crippen molar-refractivity contribution in [1.82, 2.24) is 0 Å². The molecule has 0 bridgehead atoms. The van der Waals surface area contributed by atoms with Gasteiger partial charge >= 0.3 is 6.18 Å². The van der Waals surface area contributed by atoms with E-state index in [-0.39, 0.29) is 17.1 Å². The zero-order valence-electron chi connectivity index (χ0n) is 13.7. The molecule has 0 amide bonds. The minimum absolute atomic E-state index is 0.0882. The summed E-state index contributed by atoms with van der Waals surface area (Å²) < 4.78 is 49.9. The maximum Gasteiger partial charge on any atom is 0.418 e. The van der Waals surface area contributed by atoms with Gasteiger partial charge in [0.25, 0.3) is 0 Å². The van der Waals surface area contributed by atoms with Gasteiger partial charge in [-0.3, -0.25) is 0 Å². The summed E-state index contributed by atoms with van der Waals surface area (Å²) in [4.78, 5) is 0. The minimum atomic E-state index is -4.78. The number of rotatable bonds is 3. The summed E-state index contributed by atoms with van der Waals surface area (Å²) in [6, 6.07) is 4.12. The van der Waals surface area contributed by atoms with E-state index in [1.165, 1.54) is 18.2 Å².